The van der Waals surface area contributed by atoms with Gasteiger partial charge in [-0.2, -0.15) is 0 Å². The van der Waals surface area contributed by atoms with E-state index in [9.17, 15) is 8.78 Å². The van der Waals surface area contributed by atoms with Crippen molar-refractivity contribution in [2.75, 3.05) is 25.0 Å². The van der Waals surface area contributed by atoms with Crippen molar-refractivity contribution in [3.63, 3.8) is 0 Å². The Kier molecular flexibility index (Phi) is 3.94. The molecule has 0 aliphatic carbocycles. The Morgan fingerprint density at radius 3 is 2.88 bits per heavy atom. The van der Waals surface area contributed by atoms with Gasteiger partial charge in [-0.15, -0.1) is 0 Å². The molecule has 17 heavy (non-hydrogen) atoms. The molecule has 1 heterocycles. The lowest BCUT2D eigenvalue weighted by Gasteiger charge is -2.14. The number of anilines is 1. The molecule has 2 rings (SSSR count). The first-order chi connectivity index (χ1) is 8.16. The van der Waals surface area contributed by atoms with Crippen LogP contribution in [-0.4, -0.2) is 19.6 Å². The molecule has 94 valence electrons. The zero-order chi connectivity index (χ0) is 12.3. The number of nitrogens with one attached hydrogen (secondary N) is 2. The van der Waals surface area contributed by atoms with E-state index < -0.39 is 6.43 Å². The first-order valence-electron chi connectivity index (χ1n) is 6.00. The van der Waals surface area contributed by atoms with Crippen molar-refractivity contribution in [1.82, 2.24) is 5.32 Å². The fourth-order valence-corrected chi connectivity index (χ4v) is 2.16. The van der Waals surface area contributed by atoms with E-state index in [0.717, 1.165) is 30.9 Å². The van der Waals surface area contributed by atoms with Gasteiger partial charge in [0, 0.05) is 17.8 Å². The van der Waals surface area contributed by atoms with Crippen LogP contribution in [0.25, 0.3) is 0 Å². The smallest absolute Gasteiger partial charge is 0.263 e. The number of benzene rings is 1. The Balaban J connectivity index is 1.96. The van der Waals surface area contributed by atoms with Crippen LogP contribution in [0.5, 0.6) is 0 Å². The van der Waals surface area contributed by atoms with Crippen LogP contribution in [0.2, 0.25) is 0 Å². The molecule has 1 atom stereocenters. The normalized spacial score (nSPS) is 19.9. The number of hydrogen-bond donors (Lipinski definition) is 2. The Morgan fingerprint density at radius 2 is 2.29 bits per heavy atom. The molecule has 1 fully saturated rings. The van der Waals surface area contributed by atoms with Crippen LogP contribution in [0.4, 0.5) is 14.5 Å². The van der Waals surface area contributed by atoms with E-state index in [1.54, 1.807) is 12.1 Å². The molecule has 1 saturated heterocycles. The summed E-state index contributed by atoms with van der Waals surface area (Å²) in [5.74, 6) is 0.643. The molecule has 0 radical (unpaired) electrons. The van der Waals surface area contributed by atoms with E-state index in [2.05, 4.69) is 10.6 Å². The number of alkyl halides is 2. The van der Waals surface area contributed by atoms with Crippen molar-refractivity contribution in [2.24, 2.45) is 5.92 Å². The average molecular weight is 240 g/mol. The van der Waals surface area contributed by atoms with Crippen LogP contribution in [0.15, 0.2) is 18.2 Å². The lowest BCUT2D eigenvalue weighted by molar-refractivity contribution is 0.151. The summed E-state index contributed by atoms with van der Waals surface area (Å²) in [6.07, 6.45) is -1.21. The van der Waals surface area contributed by atoms with Gasteiger partial charge in [-0.3, -0.25) is 0 Å². The predicted octanol–water partition coefficient (Wildman–Crippen LogP) is 2.95. The lowest BCUT2D eigenvalue weighted by Crippen LogP contribution is -2.17. The zero-order valence-corrected chi connectivity index (χ0v) is 9.97. The maximum Gasteiger partial charge on any atom is 0.263 e. The summed E-state index contributed by atoms with van der Waals surface area (Å²) in [4.78, 5) is 0. The van der Waals surface area contributed by atoms with Gasteiger partial charge >= 0.3 is 0 Å². The second-order valence-electron chi connectivity index (χ2n) is 4.61. The standard InChI is InChI=1S/C13H18F2N2/c1-9-6-11(13(14)15)2-3-12(9)17-8-10-4-5-16-7-10/h2-3,6,10,13,16-17H,4-5,7-8H2,1H3. The van der Waals surface area contributed by atoms with Gasteiger partial charge in [0.1, 0.15) is 0 Å². The predicted molar refractivity (Wildman–Crippen MR) is 65.6 cm³/mol. The van der Waals surface area contributed by atoms with Gasteiger partial charge in [0.25, 0.3) is 6.43 Å². The fourth-order valence-electron chi connectivity index (χ4n) is 2.16. The quantitative estimate of drug-likeness (QED) is 0.845. The van der Waals surface area contributed by atoms with E-state index in [4.69, 9.17) is 0 Å². The van der Waals surface area contributed by atoms with Gasteiger partial charge < -0.3 is 10.6 Å². The molecule has 0 bridgehead atoms. The minimum Gasteiger partial charge on any atom is -0.385 e. The third kappa shape index (κ3) is 3.16. The van der Waals surface area contributed by atoms with E-state index in [-0.39, 0.29) is 5.56 Å². The largest absolute Gasteiger partial charge is 0.385 e. The maximum atomic E-state index is 12.5. The lowest BCUT2D eigenvalue weighted by atomic mass is 10.1. The zero-order valence-electron chi connectivity index (χ0n) is 9.97. The topological polar surface area (TPSA) is 24.1 Å². The Morgan fingerprint density at radius 1 is 1.47 bits per heavy atom. The average Bonchev–Trinajstić information content (AvgIpc) is 2.80. The summed E-state index contributed by atoms with van der Waals surface area (Å²) in [5.41, 5.74) is 1.94. The van der Waals surface area contributed by atoms with Crippen molar-refractivity contribution < 1.29 is 8.78 Å². The highest BCUT2D eigenvalue weighted by molar-refractivity contribution is 5.52. The second-order valence-corrected chi connectivity index (χ2v) is 4.61. The molecule has 2 N–H and O–H groups in total. The monoisotopic (exact) mass is 240 g/mol. The highest BCUT2D eigenvalue weighted by Gasteiger charge is 2.14. The molecule has 1 aliphatic heterocycles. The number of aryl methyl sites for hydroxylation is 1. The summed E-state index contributed by atoms with van der Waals surface area (Å²) in [6, 6.07) is 4.80. The van der Waals surface area contributed by atoms with Crippen LogP contribution in [0.3, 0.4) is 0 Å². The molecule has 1 aromatic carbocycles. The molecular formula is C13H18F2N2. The molecule has 2 nitrogen and oxygen atoms in total. The fraction of sp³-hybridized carbons (Fsp3) is 0.538. The van der Waals surface area contributed by atoms with Crippen molar-refractivity contribution in [1.29, 1.82) is 0 Å². The van der Waals surface area contributed by atoms with Crippen molar-refractivity contribution in [2.45, 2.75) is 19.8 Å². The third-order valence-electron chi connectivity index (χ3n) is 3.25. The van der Waals surface area contributed by atoms with E-state index in [0.29, 0.717) is 5.92 Å². The molecule has 0 amide bonds. The van der Waals surface area contributed by atoms with E-state index in [1.807, 2.05) is 6.92 Å². The third-order valence-corrected chi connectivity index (χ3v) is 3.25. The van der Waals surface area contributed by atoms with Crippen molar-refractivity contribution >= 4 is 5.69 Å². The first kappa shape index (κ1) is 12.3. The Bertz CT molecular complexity index is 374. The van der Waals surface area contributed by atoms with E-state index in [1.165, 1.54) is 12.5 Å². The molecule has 4 heteroatoms. The number of halogens is 2. The molecule has 1 unspecified atom stereocenters. The minimum atomic E-state index is -2.39. The summed E-state index contributed by atoms with van der Waals surface area (Å²) in [5, 5.41) is 6.64. The molecule has 1 aliphatic rings. The summed E-state index contributed by atoms with van der Waals surface area (Å²) in [7, 11) is 0. The van der Waals surface area contributed by atoms with Gasteiger partial charge in [0.2, 0.25) is 0 Å². The Hall–Kier alpha value is -1.16. The highest BCUT2D eigenvalue weighted by Crippen LogP contribution is 2.24. The van der Waals surface area contributed by atoms with Gasteiger partial charge in [0.15, 0.2) is 0 Å². The molecule has 0 aromatic heterocycles. The van der Waals surface area contributed by atoms with Crippen LogP contribution in [-0.2, 0) is 0 Å². The number of hydrogen-bond acceptors (Lipinski definition) is 2. The van der Waals surface area contributed by atoms with Crippen LogP contribution in [0.1, 0.15) is 24.0 Å². The van der Waals surface area contributed by atoms with Gasteiger partial charge in [-0.05, 0) is 50.0 Å². The maximum absolute atomic E-state index is 12.5. The van der Waals surface area contributed by atoms with Crippen LogP contribution in [0, 0.1) is 12.8 Å². The van der Waals surface area contributed by atoms with Crippen LogP contribution >= 0.6 is 0 Å². The van der Waals surface area contributed by atoms with Gasteiger partial charge in [-0.1, -0.05) is 6.07 Å². The summed E-state index contributed by atoms with van der Waals surface area (Å²) in [6.45, 7) is 4.89. The van der Waals surface area contributed by atoms with Gasteiger partial charge in [0.05, 0.1) is 0 Å². The molecule has 0 spiro atoms. The molecule has 0 saturated carbocycles. The van der Waals surface area contributed by atoms with Crippen molar-refractivity contribution in [3.8, 4) is 0 Å². The Labute approximate surface area is 100 Å². The summed E-state index contributed by atoms with van der Waals surface area (Å²) >= 11 is 0. The number of rotatable bonds is 4. The first-order valence-corrected chi connectivity index (χ1v) is 6.00. The molecule has 1 aromatic rings. The summed E-state index contributed by atoms with van der Waals surface area (Å²) < 4.78 is 25.0. The minimum absolute atomic E-state index is 0.0931. The highest BCUT2D eigenvalue weighted by atomic mass is 19.3. The molecular weight excluding hydrogens is 222 g/mol. The van der Waals surface area contributed by atoms with E-state index >= 15 is 0 Å². The van der Waals surface area contributed by atoms with Crippen molar-refractivity contribution in [3.05, 3.63) is 29.3 Å². The van der Waals surface area contributed by atoms with Gasteiger partial charge in [-0.25, -0.2) is 8.78 Å². The second kappa shape index (κ2) is 5.45. The SMILES string of the molecule is Cc1cc(C(F)F)ccc1NCC1CCNC1. The van der Waals surface area contributed by atoms with Crippen LogP contribution < -0.4 is 10.6 Å².